The van der Waals surface area contributed by atoms with Crippen LogP contribution < -0.4 is 19.1 Å². The molecule has 0 saturated carbocycles. The molecule has 0 spiro atoms. The van der Waals surface area contributed by atoms with Crippen LogP contribution in [0.4, 0.5) is 11.4 Å². The maximum atomic E-state index is 12.6. The minimum atomic E-state index is -3.80. The molecular formula is C20H23ClN2O7S. The van der Waals surface area contributed by atoms with Crippen molar-refractivity contribution in [1.29, 1.82) is 0 Å². The number of rotatable bonds is 9. The van der Waals surface area contributed by atoms with Crippen LogP contribution in [0.1, 0.15) is 17.3 Å². The Kier molecular flexibility index (Phi) is 8.12. The lowest BCUT2D eigenvalue weighted by Gasteiger charge is -2.23. The van der Waals surface area contributed by atoms with Crippen LogP contribution in [0.25, 0.3) is 0 Å². The molecule has 0 aliphatic heterocycles. The normalized spacial score (nSPS) is 10.9. The molecule has 2 rings (SSSR count). The third kappa shape index (κ3) is 6.25. The summed E-state index contributed by atoms with van der Waals surface area (Å²) in [6.07, 6.45) is 0.984. The number of carbonyl (C=O) groups excluding carboxylic acids is 2. The smallest absolute Gasteiger partial charge is 0.339 e. The van der Waals surface area contributed by atoms with Gasteiger partial charge in [-0.25, -0.2) is 13.2 Å². The summed E-state index contributed by atoms with van der Waals surface area (Å²) >= 11 is 6.02. The van der Waals surface area contributed by atoms with Gasteiger partial charge in [-0.05, 0) is 37.3 Å². The highest BCUT2D eigenvalue weighted by Crippen LogP contribution is 2.32. The molecular weight excluding hydrogens is 448 g/mol. The van der Waals surface area contributed by atoms with Crippen molar-refractivity contribution in [2.45, 2.75) is 6.92 Å². The van der Waals surface area contributed by atoms with Gasteiger partial charge in [0, 0.05) is 11.8 Å². The second-order valence-electron chi connectivity index (χ2n) is 6.27. The van der Waals surface area contributed by atoms with Crippen molar-refractivity contribution in [3.63, 3.8) is 0 Å². The SMILES string of the molecule is CCOC(=O)c1cc(NC(=O)CN(c2ccc(OC)c(OC)c2)S(C)(=O)=O)ccc1Cl. The van der Waals surface area contributed by atoms with Crippen LogP contribution in [0.15, 0.2) is 36.4 Å². The molecule has 1 amide bonds. The van der Waals surface area contributed by atoms with Gasteiger partial charge in [-0.2, -0.15) is 0 Å². The van der Waals surface area contributed by atoms with E-state index in [-0.39, 0.29) is 28.6 Å². The first-order chi connectivity index (χ1) is 14.6. The Hall–Kier alpha value is -2.98. The fraction of sp³-hybridized carbons (Fsp3) is 0.300. The number of anilines is 2. The number of methoxy groups -OCH3 is 2. The molecule has 0 bridgehead atoms. The Bertz CT molecular complexity index is 1070. The average Bonchev–Trinajstić information content (AvgIpc) is 2.72. The van der Waals surface area contributed by atoms with Crippen LogP contribution in [0.5, 0.6) is 11.5 Å². The fourth-order valence-electron chi connectivity index (χ4n) is 2.68. The average molecular weight is 471 g/mol. The monoisotopic (exact) mass is 470 g/mol. The first-order valence-corrected chi connectivity index (χ1v) is 11.3. The van der Waals surface area contributed by atoms with E-state index < -0.39 is 28.4 Å². The molecule has 0 atom stereocenters. The lowest BCUT2D eigenvalue weighted by atomic mass is 10.2. The zero-order chi connectivity index (χ0) is 23.2. The van der Waals surface area contributed by atoms with E-state index in [0.29, 0.717) is 11.5 Å². The standard InChI is InChI=1S/C20H23ClN2O7S/c1-5-30-20(25)15-10-13(6-8-16(15)21)22-19(24)12-23(31(4,26)27)14-7-9-17(28-2)18(11-14)29-3/h6-11H,5,12H2,1-4H3,(H,22,24). The molecule has 2 aromatic carbocycles. The van der Waals surface area contributed by atoms with Crippen LogP contribution in [0, 0.1) is 0 Å². The topological polar surface area (TPSA) is 111 Å². The summed E-state index contributed by atoms with van der Waals surface area (Å²) in [6.45, 7) is 1.32. The largest absolute Gasteiger partial charge is 0.493 e. The Labute approximate surface area is 185 Å². The van der Waals surface area contributed by atoms with Crippen molar-refractivity contribution in [2.24, 2.45) is 0 Å². The number of halogens is 1. The molecule has 0 saturated heterocycles. The van der Waals surface area contributed by atoms with Crippen LogP contribution in [0.2, 0.25) is 5.02 Å². The molecule has 11 heteroatoms. The van der Waals surface area contributed by atoms with Gasteiger partial charge in [0.05, 0.1) is 43.4 Å². The second-order valence-corrected chi connectivity index (χ2v) is 8.59. The Morgan fingerprint density at radius 2 is 1.74 bits per heavy atom. The van der Waals surface area contributed by atoms with Crippen molar-refractivity contribution in [2.75, 3.05) is 43.2 Å². The molecule has 31 heavy (non-hydrogen) atoms. The quantitative estimate of drug-likeness (QED) is 0.561. The maximum Gasteiger partial charge on any atom is 0.339 e. The van der Waals surface area contributed by atoms with Crippen molar-refractivity contribution in [3.05, 3.63) is 47.0 Å². The first kappa shape index (κ1) is 24.3. The van der Waals surface area contributed by atoms with E-state index in [1.54, 1.807) is 6.92 Å². The van der Waals surface area contributed by atoms with E-state index >= 15 is 0 Å². The molecule has 2 aromatic rings. The van der Waals surface area contributed by atoms with Gasteiger partial charge in [0.25, 0.3) is 0 Å². The predicted molar refractivity (Wildman–Crippen MR) is 118 cm³/mol. The molecule has 0 unspecified atom stereocenters. The molecule has 0 radical (unpaired) electrons. The van der Waals surface area contributed by atoms with E-state index in [1.807, 2.05) is 0 Å². The van der Waals surface area contributed by atoms with Gasteiger partial charge in [0.1, 0.15) is 6.54 Å². The van der Waals surface area contributed by atoms with Crippen molar-refractivity contribution < 1.29 is 32.2 Å². The third-order valence-electron chi connectivity index (χ3n) is 4.09. The number of ether oxygens (including phenoxy) is 3. The van der Waals surface area contributed by atoms with Gasteiger partial charge in [-0.3, -0.25) is 9.10 Å². The molecule has 9 nitrogen and oxygen atoms in total. The van der Waals surface area contributed by atoms with Gasteiger partial charge in [0.2, 0.25) is 15.9 Å². The third-order valence-corrected chi connectivity index (χ3v) is 5.56. The second kappa shape index (κ2) is 10.4. The number of sulfonamides is 1. The van der Waals surface area contributed by atoms with E-state index in [9.17, 15) is 18.0 Å². The number of hydrogen-bond donors (Lipinski definition) is 1. The van der Waals surface area contributed by atoms with Crippen molar-refractivity contribution >= 4 is 44.9 Å². The Morgan fingerprint density at radius 1 is 1.06 bits per heavy atom. The van der Waals surface area contributed by atoms with Gasteiger partial charge >= 0.3 is 5.97 Å². The van der Waals surface area contributed by atoms with E-state index in [4.69, 9.17) is 25.8 Å². The number of hydrogen-bond acceptors (Lipinski definition) is 7. The van der Waals surface area contributed by atoms with Gasteiger partial charge in [0.15, 0.2) is 11.5 Å². The minimum absolute atomic E-state index is 0.0844. The summed E-state index contributed by atoms with van der Waals surface area (Å²) in [6, 6.07) is 8.77. The van der Waals surface area contributed by atoms with E-state index in [0.717, 1.165) is 10.6 Å². The van der Waals surface area contributed by atoms with Crippen LogP contribution in [-0.4, -0.2) is 53.9 Å². The summed E-state index contributed by atoms with van der Waals surface area (Å²) in [4.78, 5) is 24.6. The number of nitrogens with zero attached hydrogens (tertiary/aromatic N) is 1. The summed E-state index contributed by atoms with van der Waals surface area (Å²) in [5.74, 6) is -0.535. The van der Waals surface area contributed by atoms with Crippen LogP contribution in [-0.2, 0) is 19.6 Å². The van der Waals surface area contributed by atoms with E-state index in [1.165, 1.54) is 50.6 Å². The zero-order valence-electron chi connectivity index (χ0n) is 17.5. The molecule has 0 fully saturated rings. The fourth-order valence-corrected chi connectivity index (χ4v) is 3.72. The number of carbonyl (C=O) groups is 2. The molecule has 1 N–H and O–H groups in total. The number of nitrogens with one attached hydrogen (secondary N) is 1. The van der Waals surface area contributed by atoms with Crippen molar-refractivity contribution in [1.82, 2.24) is 0 Å². The molecule has 0 heterocycles. The highest BCUT2D eigenvalue weighted by Gasteiger charge is 2.23. The molecule has 0 aliphatic rings. The van der Waals surface area contributed by atoms with Crippen LogP contribution in [0.3, 0.4) is 0 Å². The number of benzene rings is 2. The lowest BCUT2D eigenvalue weighted by molar-refractivity contribution is -0.114. The summed E-state index contributed by atoms with van der Waals surface area (Å²) in [7, 11) is -0.933. The highest BCUT2D eigenvalue weighted by molar-refractivity contribution is 7.92. The highest BCUT2D eigenvalue weighted by atomic mass is 35.5. The molecule has 168 valence electrons. The van der Waals surface area contributed by atoms with E-state index in [2.05, 4.69) is 5.32 Å². The minimum Gasteiger partial charge on any atom is -0.493 e. The van der Waals surface area contributed by atoms with Crippen LogP contribution >= 0.6 is 11.6 Å². The Balaban J connectivity index is 2.27. The number of amides is 1. The zero-order valence-corrected chi connectivity index (χ0v) is 19.0. The summed E-state index contributed by atoms with van der Waals surface area (Å²) < 4.78 is 40.9. The molecule has 0 aliphatic carbocycles. The van der Waals surface area contributed by atoms with Gasteiger partial charge in [-0.15, -0.1) is 0 Å². The Morgan fingerprint density at radius 3 is 2.32 bits per heavy atom. The van der Waals surface area contributed by atoms with Gasteiger partial charge < -0.3 is 19.5 Å². The first-order valence-electron chi connectivity index (χ1n) is 9.07. The lowest BCUT2D eigenvalue weighted by Crippen LogP contribution is -2.37. The number of esters is 1. The summed E-state index contributed by atoms with van der Waals surface area (Å²) in [5.41, 5.74) is 0.568. The van der Waals surface area contributed by atoms with Crippen molar-refractivity contribution in [3.8, 4) is 11.5 Å². The summed E-state index contributed by atoms with van der Waals surface area (Å²) in [5, 5.41) is 2.73. The predicted octanol–water partition coefficient (Wildman–Crippen LogP) is 2.94. The maximum absolute atomic E-state index is 12.6. The van der Waals surface area contributed by atoms with Gasteiger partial charge in [-0.1, -0.05) is 11.6 Å². The molecule has 0 aromatic heterocycles.